The van der Waals surface area contributed by atoms with Crippen molar-refractivity contribution in [3.63, 3.8) is 0 Å². The average molecular weight is 413 g/mol. The maximum Gasteiger partial charge on any atom is 0.119 e. The molecule has 0 unspecified atom stereocenters. The summed E-state index contributed by atoms with van der Waals surface area (Å²) in [5, 5.41) is 10.3. The quantitative estimate of drug-likeness (QED) is 0.246. The molecule has 0 radical (unpaired) electrons. The number of hydrogen-bond donors (Lipinski definition) is 1. The standard InChI is InChI=1S/C24H22Cl2O2/c25-16-4-5-17-28-22-14-10-19(11-15-22)23(18-8-12-21(27)13-9-18)24(26)20-6-2-1-3-7-20/h1-3,6-15,27H,4-5,16-17H2. The van der Waals surface area contributed by atoms with Gasteiger partial charge >= 0.3 is 0 Å². The van der Waals surface area contributed by atoms with Crippen molar-refractivity contribution < 1.29 is 9.84 Å². The molecule has 1 N–H and O–H groups in total. The summed E-state index contributed by atoms with van der Waals surface area (Å²) >= 11 is 12.5. The van der Waals surface area contributed by atoms with Gasteiger partial charge in [0.15, 0.2) is 0 Å². The van der Waals surface area contributed by atoms with Crippen molar-refractivity contribution in [3.05, 3.63) is 95.6 Å². The van der Waals surface area contributed by atoms with Gasteiger partial charge in [-0.1, -0.05) is 66.2 Å². The molecular weight excluding hydrogens is 391 g/mol. The minimum Gasteiger partial charge on any atom is -0.508 e. The number of rotatable bonds is 8. The van der Waals surface area contributed by atoms with E-state index in [0.717, 1.165) is 40.9 Å². The fraction of sp³-hybridized carbons (Fsp3) is 0.167. The lowest BCUT2D eigenvalue weighted by Gasteiger charge is -2.14. The van der Waals surface area contributed by atoms with E-state index in [2.05, 4.69) is 0 Å². The van der Waals surface area contributed by atoms with Gasteiger partial charge in [0.2, 0.25) is 0 Å². The number of alkyl halides is 1. The average Bonchev–Trinajstić information content (AvgIpc) is 2.74. The molecule has 0 aliphatic carbocycles. The zero-order valence-corrected chi connectivity index (χ0v) is 17.0. The van der Waals surface area contributed by atoms with Crippen LogP contribution in [-0.2, 0) is 0 Å². The van der Waals surface area contributed by atoms with Gasteiger partial charge in [-0.05, 0) is 53.8 Å². The second kappa shape index (κ2) is 10.2. The van der Waals surface area contributed by atoms with E-state index in [1.54, 1.807) is 12.1 Å². The van der Waals surface area contributed by atoms with E-state index < -0.39 is 0 Å². The number of benzene rings is 3. The first kappa shape index (κ1) is 20.3. The van der Waals surface area contributed by atoms with Crippen LogP contribution in [0.3, 0.4) is 0 Å². The van der Waals surface area contributed by atoms with E-state index in [4.69, 9.17) is 27.9 Å². The molecule has 3 rings (SSSR count). The molecule has 0 atom stereocenters. The number of halogens is 2. The molecule has 0 saturated carbocycles. The number of phenolic OH excluding ortho intramolecular Hbond substituents is 1. The van der Waals surface area contributed by atoms with Gasteiger partial charge in [0.25, 0.3) is 0 Å². The van der Waals surface area contributed by atoms with Crippen molar-refractivity contribution in [2.45, 2.75) is 12.8 Å². The Hall–Kier alpha value is -2.42. The lowest BCUT2D eigenvalue weighted by Crippen LogP contribution is -1.98. The molecule has 2 nitrogen and oxygen atoms in total. The normalized spacial score (nSPS) is 11.8. The number of unbranched alkanes of at least 4 members (excludes halogenated alkanes) is 1. The summed E-state index contributed by atoms with van der Waals surface area (Å²) in [6.07, 6.45) is 1.88. The van der Waals surface area contributed by atoms with Crippen LogP contribution in [-0.4, -0.2) is 17.6 Å². The maximum absolute atomic E-state index is 9.65. The van der Waals surface area contributed by atoms with Crippen molar-refractivity contribution in [1.29, 1.82) is 0 Å². The number of ether oxygens (including phenoxy) is 1. The van der Waals surface area contributed by atoms with Crippen LogP contribution in [0.4, 0.5) is 0 Å². The van der Waals surface area contributed by atoms with Crippen LogP contribution in [0.25, 0.3) is 10.6 Å². The van der Waals surface area contributed by atoms with Crippen molar-refractivity contribution in [1.82, 2.24) is 0 Å². The predicted octanol–water partition coefficient (Wildman–Crippen LogP) is 6.95. The highest BCUT2D eigenvalue weighted by atomic mass is 35.5. The number of phenols is 1. The second-order valence-corrected chi connectivity index (χ2v) is 7.13. The highest BCUT2D eigenvalue weighted by Gasteiger charge is 2.13. The Morgan fingerprint density at radius 2 is 1.36 bits per heavy atom. The summed E-state index contributed by atoms with van der Waals surface area (Å²) < 4.78 is 5.77. The molecule has 0 saturated heterocycles. The van der Waals surface area contributed by atoms with E-state index >= 15 is 0 Å². The first-order valence-electron chi connectivity index (χ1n) is 9.23. The summed E-state index contributed by atoms with van der Waals surface area (Å²) in [6, 6.07) is 24.8. The number of hydrogen-bond acceptors (Lipinski definition) is 2. The Morgan fingerprint density at radius 1 is 0.750 bits per heavy atom. The van der Waals surface area contributed by atoms with Gasteiger partial charge in [0, 0.05) is 11.5 Å². The Morgan fingerprint density at radius 3 is 1.96 bits per heavy atom. The fourth-order valence-electron chi connectivity index (χ4n) is 2.88. The van der Waals surface area contributed by atoms with E-state index in [0.29, 0.717) is 17.5 Å². The minimum absolute atomic E-state index is 0.222. The molecule has 0 aromatic heterocycles. The van der Waals surface area contributed by atoms with Crippen molar-refractivity contribution in [2.24, 2.45) is 0 Å². The molecule has 4 heteroatoms. The third-order valence-electron chi connectivity index (χ3n) is 4.34. The Balaban J connectivity index is 1.94. The first-order chi connectivity index (χ1) is 13.7. The van der Waals surface area contributed by atoms with Gasteiger partial charge in [-0.25, -0.2) is 0 Å². The third-order valence-corrected chi connectivity index (χ3v) is 5.02. The topological polar surface area (TPSA) is 29.5 Å². The number of aromatic hydroxyl groups is 1. The Labute approximate surface area is 176 Å². The summed E-state index contributed by atoms with van der Waals surface area (Å²) in [4.78, 5) is 0. The van der Waals surface area contributed by atoms with Crippen LogP contribution in [0, 0.1) is 0 Å². The van der Waals surface area contributed by atoms with Crippen LogP contribution in [0.5, 0.6) is 11.5 Å². The fourth-order valence-corrected chi connectivity index (χ4v) is 3.41. The monoisotopic (exact) mass is 412 g/mol. The highest BCUT2D eigenvalue weighted by molar-refractivity contribution is 6.53. The molecule has 0 aliphatic heterocycles. The highest BCUT2D eigenvalue weighted by Crippen LogP contribution is 2.36. The lowest BCUT2D eigenvalue weighted by atomic mass is 9.95. The van der Waals surface area contributed by atoms with E-state index in [9.17, 15) is 5.11 Å². The minimum atomic E-state index is 0.222. The van der Waals surface area contributed by atoms with Crippen LogP contribution < -0.4 is 4.74 Å². The van der Waals surface area contributed by atoms with Crippen LogP contribution in [0.2, 0.25) is 0 Å². The molecule has 0 heterocycles. The summed E-state index contributed by atoms with van der Waals surface area (Å²) in [7, 11) is 0. The van der Waals surface area contributed by atoms with E-state index in [1.165, 1.54) is 0 Å². The van der Waals surface area contributed by atoms with Gasteiger partial charge in [0.05, 0.1) is 11.6 Å². The van der Waals surface area contributed by atoms with Gasteiger partial charge in [-0.15, -0.1) is 11.6 Å². The maximum atomic E-state index is 9.65. The molecule has 0 fully saturated rings. The Bertz CT molecular complexity index is 902. The molecule has 28 heavy (non-hydrogen) atoms. The van der Waals surface area contributed by atoms with Gasteiger partial charge in [-0.2, -0.15) is 0 Å². The Kier molecular flexibility index (Phi) is 7.41. The summed E-state index contributed by atoms with van der Waals surface area (Å²) in [5.41, 5.74) is 3.75. The summed E-state index contributed by atoms with van der Waals surface area (Å²) in [5.74, 6) is 1.69. The third kappa shape index (κ3) is 5.31. The van der Waals surface area contributed by atoms with Crippen molar-refractivity contribution in [2.75, 3.05) is 12.5 Å². The van der Waals surface area contributed by atoms with Crippen molar-refractivity contribution in [3.8, 4) is 11.5 Å². The predicted molar refractivity (Wildman–Crippen MR) is 118 cm³/mol. The smallest absolute Gasteiger partial charge is 0.119 e. The molecule has 0 spiro atoms. The second-order valence-electron chi connectivity index (χ2n) is 6.37. The molecule has 3 aromatic rings. The first-order valence-corrected chi connectivity index (χ1v) is 10.1. The molecule has 144 valence electrons. The zero-order valence-electron chi connectivity index (χ0n) is 15.4. The van der Waals surface area contributed by atoms with E-state index in [1.807, 2.05) is 66.7 Å². The van der Waals surface area contributed by atoms with Gasteiger partial charge < -0.3 is 9.84 Å². The lowest BCUT2D eigenvalue weighted by molar-refractivity contribution is 0.309. The largest absolute Gasteiger partial charge is 0.508 e. The van der Waals surface area contributed by atoms with Gasteiger partial charge in [0.1, 0.15) is 11.5 Å². The van der Waals surface area contributed by atoms with Crippen molar-refractivity contribution >= 4 is 33.8 Å². The SMILES string of the molecule is Oc1ccc(C(=C(Cl)c2ccccc2)c2ccc(OCCCCCl)cc2)cc1. The van der Waals surface area contributed by atoms with Crippen LogP contribution in [0.1, 0.15) is 29.5 Å². The van der Waals surface area contributed by atoms with E-state index in [-0.39, 0.29) is 5.75 Å². The molecule has 0 bridgehead atoms. The summed E-state index contributed by atoms with van der Waals surface area (Å²) in [6.45, 7) is 0.650. The molecule has 3 aromatic carbocycles. The van der Waals surface area contributed by atoms with Gasteiger partial charge in [-0.3, -0.25) is 0 Å². The van der Waals surface area contributed by atoms with Crippen LogP contribution >= 0.6 is 23.2 Å². The molecule has 0 aliphatic rings. The molecule has 0 amide bonds. The molecular formula is C24H22Cl2O2. The van der Waals surface area contributed by atoms with Crippen LogP contribution in [0.15, 0.2) is 78.9 Å². The zero-order chi connectivity index (χ0) is 19.8.